The maximum Gasteiger partial charge on any atom is 0.482 e. The second-order valence-electron chi connectivity index (χ2n) is 4.00. The molecule has 88 valence electrons. The molecule has 0 spiro atoms. The summed E-state index contributed by atoms with van der Waals surface area (Å²) in [6.45, 7) is 5.86. The van der Waals surface area contributed by atoms with Crippen LogP contribution in [0.25, 0.3) is 0 Å². The van der Waals surface area contributed by atoms with E-state index in [1.54, 1.807) is 13.0 Å². The number of amidine groups is 2. The first kappa shape index (κ1) is 11.3. The lowest BCUT2D eigenvalue weighted by molar-refractivity contribution is -0.480. The van der Waals surface area contributed by atoms with Crippen molar-refractivity contribution in [2.45, 2.75) is 31.6 Å². The summed E-state index contributed by atoms with van der Waals surface area (Å²) in [5, 5.41) is 3.15. The predicted octanol–water partition coefficient (Wildman–Crippen LogP) is 1.31. The van der Waals surface area contributed by atoms with Crippen LogP contribution in [0.15, 0.2) is 17.6 Å². The molecule has 2 rings (SSSR count). The Balaban J connectivity index is 2.25. The number of alkyl halides is 3. The Bertz CT molecular complexity index is 381. The van der Waals surface area contributed by atoms with Crippen molar-refractivity contribution in [1.29, 1.82) is 0 Å². The van der Waals surface area contributed by atoms with E-state index >= 15 is 0 Å². The van der Waals surface area contributed by atoms with Gasteiger partial charge in [-0.05, 0) is 13.3 Å². The van der Waals surface area contributed by atoms with E-state index in [-0.39, 0.29) is 12.1 Å². The molecule has 0 aromatic heterocycles. The van der Waals surface area contributed by atoms with Crippen molar-refractivity contribution in [3.05, 3.63) is 12.7 Å². The molecule has 2 aliphatic rings. The van der Waals surface area contributed by atoms with Gasteiger partial charge in [0.05, 0.1) is 6.04 Å². The van der Waals surface area contributed by atoms with Gasteiger partial charge in [-0.1, -0.05) is 11.1 Å². The first-order valence-electron chi connectivity index (χ1n) is 5.11. The van der Waals surface area contributed by atoms with Crippen LogP contribution in [0, 0.1) is 0 Å². The number of aliphatic imine (C=N–C) groups is 1. The largest absolute Gasteiger partial charge is 0.482 e. The van der Waals surface area contributed by atoms with Crippen molar-refractivity contribution < 1.29 is 17.7 Å². The van der Waals surface area contributed by atoms with E-state index in [0.717, 1.165) is 0 Å². The number of piperazine rings is 1. The van der Waals surface area contributed by atoms with E-state index in [0.29, 0.717) is 18.8 Å². The van der Waals surface area contributed by atoms with E-state index < -0.39 is 12.0 Å². The van der Waals surface area contributed by atoms with Crippen molar-refractivity contribution in [1.82, 2.24) is 5.32 Å². The van der Waals surface area contributed by atoms with Gasteiger partial charge in [-0.2, -0.15) is 13.2 Å². The summed E-state index contributed by atoms with van der Waals surface area (Å²) < 4.78 is 38.9. The Labute approximate surface area is 91.4 Å². The van der Waals surface area contributed by atoms with Gasteiger partial charge in [-0.15, -0.1) is 6.58 Å². The quantitative estimate of drug-likeness (QED) is 0.564. The second-order valence-corrected chi connectivity index (χ2v) is 4.00. The van der Waals surface area contributed by atoms with Crippen molar-refractivity contribution in [2.24, 2.45) is 4.99 Å². The Kier molecular flexibility index (Phi) is 2.61. The minimum atomic E-state index is -4.35. The highest BCUT2D eigenvalue weighted by atomic mass is 19.4. The molecule has 0 aliphatic carbocycles. The average molecular weight is 232 g/mol. The molecule has 3 nitrogen and oxygen atoms in total. The molecule has 0 radical (unpaired) electrons. The molecular formula is C10H13F3N3+. The van der Waals surface area contributed by atoms with E-state index in [2.05, 4.69) is 16.9 Å². The average Bonchev–Trinajstić information content (AvgIpc) is 2.08. The van der Waals surface area contributed by atoms with Crippen LogP contribution in [0.5, 0.6) is 0 Å². The molecule has 2 heterocycles. The lowest BCUT2D eigenvalue weighted by Gasteiger charge is -2.34. The minimum absolute atomic E-state index is 0.139. The van der Waals surface area contributed by atoms with Gasteiger partial charge in [0, 0.05) is 6.54 Å². The van der Waals surface area contributed by atoms with Crippen LogP contribution < -0.4 is 5.32 Å². The normalized spacial score (nSPS) is 29.4. The lowest BCUT2D eigenvalue weighted by atomic mass is 10.0. The van der Waals surface area contributed by atoms with Gasteiger partial charge in [-0.3, -0.25) is 0 Å². The molecule has 0 bridgehead atoms. The summed E-state index contributed by atoms with van der Waals surface area (Å²) in [6, 6.07) is -0.343. The highest BCUT2D eigenvalue weighted by Gasteiger charge is 2.53. The Hall–Kier alpha value is -1.17. The number of halogens is 3. The monoisotopic (exact) mass is 232 g/mol. The molecular weight excluding hydrogens is 219 g/mol. The zero-order valence-corrected chi connectivity index (χ0v) is 8.88. The van der Waals surface area contributed by atoms with Crippen LogP contribution in [0.1, 0.15) is 13.3 Å². The summed E-state index contributed by atoms with van der Waals surface area (Å²) in [6.07, 6.45) is -2.08. The zero-order chi connectivity index (χ0) is 11.9. The van der Waals surface area contributed by atoms with E-state index in [9.17, 15) is 13.2 Å². The van der Waals surface area contributed by atoms with Crippen LogP contribution in [0.2, 0.25) is 0 Å². The highest BCUT2D eigenvalue weighted by molar-refractivity contribution is 6.05. The standard InChI is InChI=1S/C10H13F3N3/c1-3-4-7-8-15-9(10(11,12)13)16(8)6(2)5-14-7/h3,6-7,14H,1,4-5H2,2H3/q+1. The van der Waals surface area contributed by atoms with Crippen molar-refractivity contribution in [3.8, 4) is 0 Å². The second kappa shape index (κ2) is 3.69. The molecule has 16 heavy (non-hydrogen) atoms. The lowest BCUT2D eigenvalue weighted by Crippen LogP contribution is -2.62. The van der Waals surface area contributed by atoms with Gasteiger partial charge in [0.15, 0.2) is 0 Å². The minimum Gasteiger partial charge on any atom is -0.301 e. The molecule has 2 aliphatic heterocycles. The Morgan fingerprint density at radius 1 is 1.62 bits per heavy atom. The summed E-state index contributed by atoms with van der Waals surface area (Å²) in [5.74, 6) is -0.295. The molecule has 1 fully saturated rings. The third-order valence-electron chi connectivity index (χ3n) is 2.76. The Morgan fingerprint density at radius 2 is 2.31 bits per heavy atom. The summed E-state index contributed by atoms with van der Waals surface area (Å²) in [7, 11) is 0. The van der Waals surface area contributed by atoms with E-state index in [1.165, 1.54) is 4.58 Å². The van der Waals surface area contributed by atoms with Gasteiger partial charge in [-0.25, -0.2) is 4.58 Å². The Morgan fingerprint density at radius 3 is 2.88 bits per heavy atom. The topological polar surface area (TPSA) is 27.4 Å². The summed E-state index contributed by atoms with van der Waals surface area (Å²) in [4.78, 5) is 3.59. The third kappa shape index (κ3) is 1.67. The van der Waals surface area contributed by atoms with Crippen molar-refractivity contribution >= 4 is 11.7 Å². The summed E-state index contributed by atoms with van der Waals surface area (Å²) >= 11 is 0. The van der Waals surface area contributed by atoms with E-state index in [4.69, 9.17) is 0 Å². The van der Waals surface area contributed by atoms with Crippen molar-refractivity contribution in [3.63, 3.8) is 0 Å². The number of nitrogens with one attached hydrogen (secondary N) is 1. The molecule has 1 saturated heterocycles. The van der Waals surface area contributed by atoms with Crippen molar-refractivity contribution in [2.75, 3.05) is 6.54 Å². The fourth-order valence-electron chi connectivity index (χ4n) is 2.01. The maximum atomic E-state index is 12.5. The molecule has 6 heteroatoms. The number of hydrogen-bond donors (Lipinski definition) is 1. The first-order chi connectivity index (χ1) is 7.45. The molecule has 2 atom stereocenters. The molecule has 2 unspecified atom stereocenters. The molecule has 0 aromatic rings. The molecule has 0 aromatic carbocycles. The van der Waals surface area contributed by atoms with Gasteiger partial charge in [0.25, 0.3) is 5.84 Å². The molecule has 0 amide bonds. The SMILES string of the molecule is C=CCC1NCC(C)[N+]2=C(C(F)(F)F)N=C12. The fraction of sp³-hybridized carbons (Fsp3) is 0.600. The predicted molar refractivity (Wildman–Crippen MR) is 54.8 cm³/mol. The highest BCUT2D eigenvalue weighted by Crippen LogP contribution is 2.26. The van der Waals surface area contributed by atoms with Crippen LogP contribution in [-0.2, 0) is 0 Å². The number of rotatable bonds is 2. The van der Waals surface area contributed by atoms with Crippen LogP contribution in [0.3, 0.4) is 0 Å². The molecule has 0 saturated carbocycles. The van der Waals surface area contributed by atoms with Crippen LogP contribution in [0.4, 0.5) is 13.2 Å². The first-order valence-corrected chi connectivity index (χ1v) is 5.11. The van der Waals surface area contributed by atoms with Gasteiger partial charge in [0.1, 0.15) is 6.04 Å². The van der Waals surface area contributed by atoms with Crippen LogP contribution >= 0.6 is 0 Å². The van der Waals surface area contributed by atoms with Gasteiger partial charge >= 0.3 is 12.0 Å². The smallest absolute Gasteiger partial charge is 0.301 e. The van der Waals surface area contributed by atoms with E-state index in [1.807, 2.05) is 0 Å². The molecule has 1 N–H and O–H groups in total. The third-order valence-corrected chi connectivity index (χ3v) is 2.76. The number of hydrogen-bond acceptors (Lipinski definition) is 2. The maximum absolute atomic E-state index is 12.5. The van der Waals surface area contributed by atoms with Crippen LogP contribution in [-0.4, -0.2) is 41.1 Å². The number of nitrogens with zero attached hydrogens (tertiary/aromatic N) is 2. The zero-order valence-electron chi connectivity index (χ0n) is 8.88. The fourth-order valence-corrected chi connectivity index (χ4v) is 2.01. The van der Waals surface area contributed by atoms with Gasteiger partial charge < -0.3 is 5.32 Å². The van der Waals surface area contributed by atoms with Gasteiger partial charge in [0.2, 0.25) is 0 Å². The summed E-state index contributed by atoms with van der Waals surface area (Å²) in [5.41, 5.74) is 0. The number of fused-ring (bicyclic) bond motifs is 1.